The zero-order valence-corrected chi connectivity index (χ0v) is 27.3. The van der Waals surface area contributed by atoms with Gasteiger partial charge in [0, 0.05) is 11.8 Å². The molecule has 0 saturated heterocycles. The lowest BCUT2D eigenvalue weighted by molar-refractivity contribution is 0.634. The van der Waals surface area contributed by atoms with Crippen LogP contribution in [0.5, 0.6) is 0 Å². The molecular formula is C49H31N. The summed E-state index contributed by atoms with van der Waals surface area (Å²) in [6.45, 7) is 0. The van der Waals surface area contributed by atoms with E-state index in [-0.39, 0.29) is 0 Å². The Kier molecular flexibility index (Phi) is 5.58. The Morgan fingerprint density at radius 2 is 0.680 bits per heavy atom. The van der Waals surface area contributed by atoms with Crippen LogP contribution in [-0.2, 0) is 10.8 Å². The van der Waals surface area contributed by atoms with Gasteiger partial charge >= 0.3 is 0 Å². The van der Waals surface area contributed by atoms with Gasteiger partial charge in [-0.1, -0.05) is 170 Å². The van der Waals surface area contributed by atoms with Crippen LogP contribution >= 0.6 is 0 Å². The van der Waals surface area contributed by atoms with Crippen molar-refractivity contribution in [2.45, 2.75) is 10.8 Å². The highest BCUT2D eigenvalue weighted by Gasteiger charge is 2.59. The van der Waals surface area contributed by atoms with Gasteiger partial charge in [-0.15, -0.1) is 0 Å². The summed E-state index contributed by atoms with van der Waals surface area (Å²) in [5, 5.41) is 0. The van der Waals surface area contributed by atoms with Crippen molar-refractivity contribution in [3.05, 3.63) is 233 Å². The maximum absolute atomic E-state index is 4.65. The Bertz CT molecular complexity index is 2560. The zero-order valence-electron chi connectivity index (χ0n) is 27.3. The quantitative estimate of drug-likeness (QED) is 0.185. The third-order valence-electron chi connectivity index (χ3n) is 11.6. The predicted molar refractivity (Wildman–Crippen MR) is 203 cm³/mol. The Labute approximate surface area is 292 Å². The molecule has 0 unspecified atom stereocenters. The summed E-state index contributed by atoms with van der Waals surface area (Å²) in [6, 6.07) is 68.0. The highest BCUT2D eigenvalue weighted by molar-refractivity contribution is 5.96. The van der Waals surface area contributed by atoms with E-state index in [0.29, 0.717) is 0 Å². The molecule has 0 atom stereocenters. The summed E-state index contributed by atoms with van der Waals surface area (Å²) in [5.74, 6) is 0. The van der Waals surface area contributed by atoms with E-state index in [0.717, 1.165) is 11.3 Å². The van der Waals surface area contributed by atoms with Crippen molar-refractivity contribution in [1.29, 1.82) is 0 Å². The fourth-order valence-corrected chi connectivity index (χ4v) is 9.89. The molecule has 2 spiro atoms. The molecule has 7 aromatic carbocycles. The van der Waals surface area contributed by atoms with Gasteiger partial charge in [-0.25, -0.2) is 0 Å². The SMILES string of the molecule is c1ccc(-c2ccc(-c3cccc4c3C3(c5ccccc5-c5ccccc53)c3ccccc3C43c4ccccc4-c4ccccc43)cc2)nc1. The van der Waals surface area contributed by atoms with Crippen LogP contribution in [0, 0.1) is 0 Å². The summed E-state index contributed by atoms with van der Waals surface area (Å²) in [7, 11) is 0. The van der Waals surface area contributed by atoms with Crippen molar-refractivity contribution in [2.24, 2.45) is 0 Å². The van der Waals surface area contributed by atoms with Crippen LogP contribution in [0.15, 0.2) is 188 Å². The molecule has 1 nitrogen and oxygen atoms in total. The molecule has 0 aliphatic heterocycles. The largest absolute Gasteiger partial charge is 0.256 e. The lowest BCUT2D eigenvalue weighted by Gasteiger charge is -2.49. The van der Waals surface area contributed by atoms with Crippen LogP contribution in [0.1, 0.15) is 44.5 Å². The summed E-state index contributed by atoms with van der Waals surface area (Å²) in [4.78, 5) is 4.65. The molecule has 50 heavy (non-hydrogen) atoms. The second-order valence-electron chi connectivity index (χ2n) is 13.7. The Hall–Kier alpha value is -6.31. The number of pyridine rings is 1. The van der Waals surface area contributed by atoms with Crippen LogP contribution in [0.3, 0.4) is 0 Å². The molecule has 8 aromatic rings. The first-order chi connectivity index (χ1) is 24.8. The third-order valence-corrected chi connectivity index (χ3v) is 11.6. The molecule has 0 bridgehead atoms. The van der Waals surface area contributed by atoms with Gasteiger partial charge in [-0.3, -0.25) is 4.98 Å². The first-order valence-electron chi connectivity index (χ1n) is 17.5. The number of benzene rings is 7. The maximum Gasteiger partial charge on any atom is 0.0725 e. The lowest BCUT2D eigenvalue weighted by atomic mass is 9.51. The molecule has 3 aliphatic rings. The van der Waals surface area contributed by atoms with Crippen LogP contribution in [0.25, 0.3) is 44.6 Å². The van der Waals surface area contributed by atoms with Crippen LogP contribution in [0.2, 0.25) is 0 Å². The van der Waals surface area contributed by atoms with E-state index in [4.69, 9.17) is 0 Å². The second kappa shape index (κ2) is 10.1. The minimum absolute atomic E-state index is 0.485. The van der Waals surface area contributed by atoms with Crippen molar-refractivity contribution in [1.82, 2.24) is 4.98 Å². The summed E-state index contributed by atoms with van der Waals surface area (Å²) in [5.41, 5.74) is 19.7. The molecular weight excluding hydrogens is 603 g/mol. The van der Waals surface area contributed by atoms with Crippen LogP contribution in [-0.4, -0.2) is 4.98 Å². The fraction of sp³-hybridized carbons (Fsp3) is 0.0408. The molecule has 0 amide bonds. The van der Waals surface area contributed by atoms with Crippen LogP contribution < -0.4 is 0 Å². The summed E-state index contributed by atoms with van der Waals surface area (Å²) in [6.07, 6.45) is 1.86. The minimum Gasteiger partial charge on any atom is -0.256 e. The highest BCUT2D eigenvalue weighted by Crippen LogP contribution is 2.68. The maximum atomic E-state index is 4.65. The molecule has 0 radical (unpaired) electrons. The smallest absolute Gasteiger partial charge is 0.0725 e. The Morgan fingerprint density at radius 3 is 1.20 bits per heavy atom. The average Bonchev–Trinajstić information content (AvgIpc) is 3.66. The van der Waals surface area contributed by atoms with Gasteiger partial charge in [0.05, 0.1) is 16.5 Å². The van der Waals surface area contributed by atoms with E-state index < -0.39 is 10.8 Å². The molecule has 0 fully saturated rings. The number of nitrogens with zero attached hydrogens (tertiary/aromatic N) is 1. The monoisotopic (exact) mass is 633 g/mol. The molecule has 232 valence electrons. The minimum atomic E-state index is -0.521. The molecule has 1 aromatic heterocycles. The average molecular weight is 634 g/mol. The van der Waals surface area contributed by atoms with Crippen LogP contribution in [0.4, 0.5) is 0 Å². The van der Waals surface area contributed by atoms with Gasteiger partial charge < -0.3 is 0 Å². The van der Waals surface area contributed by atoms with Gasteiger partial charge in [0.2, 0.25) is 0 Å². The normalized spacial score (nSPS) is 14.7. The standard InChI is InChI=1S/C49H31N/c1-5-19-39-35(14-1)36-15-2-6-20-40(36)48(39)43-23-9-10-24-44(43)49(41-21-7-3-16-37(41)38-17-4-8-22-42(38)49)47-34(18-13-25-45(47)48)32-27-29-33(30-28-32)46-26-11-12-31-50-46/h1-31H. The first kappa shape index (κ1) is 27.6. The molecule has 1 heteroatoms. The number of hydrogen-bond acceptors (Lipinski definition) is 1. The molecule has 3 aliphatic carbocycles. The number of rotatable bonds is 2. The highest BCUT2D eigenvalue weighted by atomic mass is 14.7. The Morgan fingerprint density at radius 1 is 0.280 bits per heavy atom. The second-order valence-corrected chi connectivity index (χ2v) is 13.7. The molecule has 11 rings (SSSR count). The van der Waals surface area contributed by atoms with E-state index in [1.165, 1.54) is 77.9 Å². The van der Waals surface area contributed by atoms with Crippen molar-refractivity contribution in [3.8, 4) is 44.6 Å². The fourth-order valence-electron chi connectivity index (χ4n) is 9.89. The summed E-state index contributed by atoms with van der Waals surface area (Å²) >= 11 is 0. The molecule has 0 saturated carbocycles. The van der Waals surface area contributed by atoms with Gasteiger partial charge in [-0.2, -0.15) is 0 Å². The van der Waals surface area contributed by atoms with Gasteiger partial charge in [0.25, 0.3) is 0 Å². The third kappa shape index (κ3) is 3.30. The van der Waals surface area contributed by atoms with E-state index in [1.807, 2.05) is 12.3 Å². The molecule has 0 N–H and O–H groups in total. The topological polar surface area (TPSA) is 12.9 Å². The summed E-state index contributed by atoms with van der Waals surface area (Å²) < 4.78 is 0. The van der Waals surface area contributed by atoms with Crippen molar-refractivity contribution >= 4 is 0 Å². The van der Waals surface area contributed by atoms with Gasteiger partial charge in [0.15, 0.2) is 0 Å². The number of aromatic nitrogens is 1. The van der Waals surface area contributed by atoms with E-state index in [9.17, 15) is 0 Å². The first-order valence-corrected chi connectivity index (χ1v) is 17.5. The van der Waals surface area contributed by atoms with Gasteiger partial charge in [0.1, 0.15) is 0 Å². The van der Waals surface area contributed by atoms with E-state index in [1.54, 1.807) is 0 Å². The Balaban J connectivity index is 1.33. The molecule has 1 heterocycles. The lowest BCUT2D eigenvalue weighted by Crippen LogP contribution is -2.44. The zero-order chi connectivity index (χ0) is 32.9. The van der Waals surface area contributed by atoms with E-state index in [2.05, 4.69) is 181 Å². The predicted octanol–water partition coefficient (Wildman–Crippen LogP) is 11.5. The van der Waals surface area contributed by atoms with E-state index >= 15 is 0 Å². The van der Waals surface area contributed by atoms with Gasteiger partial charge in [-0.05, 0) is 90.0 Å². The number of fused-ring (bicyclic) bond motifs is 16. The number of hydrogen-bond donors (Lipinski definition) is 0. The van der Waals surface area contributed by atoms with Crippen molar-refractivity contribution in [3.63, 3.8) is 0 Å². The van der Waals surface area contributed by atoms with Crippen molar-refractivity contribution in [2.75, 3.05) is 0 Å². The van der Waals surface area contributed by atoms with Crippen molar-refractivity contribution < 1.29 is 0 Å².